The standard InChI is InChI=1S/C18H17BN2O8/c1-9(22)20-11-3-5-15(13(7-11)17(24)25)28-19-29-16-6-4-12(21-10(2)23)8-14(16)18(26)27/h3-8,19H,1-2H3,(H,20,22)(H,21,23)(H,24,25)(H,26,27). The fourth-order valence-corrected chi connectivity index (χ4v) is 2.36. The van der Waals surface area contributed by atoms with E-state index in [1.54, 1.807) is 0 Å². The molecule has 0 heterocycles. The van der Waals surface area contributed by atoms with Crippen molar-refractivity contribution in [1.29, 1.82) is 0 Å². The van der Waals surface area contributed by atoms with E-state index >= 15 is 0 Å². The number of carboxylic acid groups (broad SMARTS) is 2. The Hall–Kier alpha value is -4.02. The second-order valence-electron chi connectivity index (χ2n) is 5.80. The van der Waals surface area contributed by atoms with Crippen LogP contribution in [0, 0.1) is 0 Å². The fourth-order valence-electron chi connectivity index (χ4n) is 2.36. The van der Waals surface area contributed by atoms with Gasteiger partial charge in [-0.15, -0.1) is 0 Å². The molecule has 2 aromatic carbocycles. The van der Waals surface area contributed by atoms with Crippen molar-refractivity contribution in [2.45, 2.75) is 13.8 Å². The first-order valence-electron chi connectivity index (χ1n) is 8.23. The lowest BCUT2D eigenvalue weighted by Gasteiger charge is -2.13. The summed E-state index contributed by atoms with van der Waals surface area (Å²) >= 11 is 0. The Balaban J connectivity index is 2.15. The van der Waals surface area contributed by atoms with Gasteiger partial charge in [0.2, 0.25) is 11.8 Å². The highest BCUT2D eigenvalue weighted by atomic mass is 16.6. The van der Waals surface area contributed by atoms with Crippen molar-refractivity contribution in [3.8, 4) is 11.5 Å². The van der Waals surface area contributed by atoms with E-state index in [4.69, 9.17) is 9.31 Å². The molecule has 2 aromatic rings. The molecule has 0 unspecified atom stereocenters. The average molecular weight is 400 g/mol. The molecule has 0 saturated heterocycles. The molecule has 11 heteroatoms. The quantitative estimate of drug-likeness (QED) is 0.489. The largest absolute Gasteiger partial charge is 0.576 e. The lowest BCUT2D eigenvalue weighted by atomic mass is 10.1. The molecule has 10 nitrogen and oxygen atoms in total. The molecule has 2 amide bonds. The SMILES string of the molecule is CC(=O)Nc1ccc(OBOc2ccc(NC(C)=O)cc2C(=O)O)c(C(=O)O)c1. The highest BCUT2D eigenvalue weighted by Crippen LogP contribution is 2.25. The average Bonchev–Trinajstić information content (AvgIpc) is 2.62. The second kappa shape index (κ2) is 9.26. The van der Waals surface area contributed by atoms with Crippen molar-refractivity contribution in [2.75, 3.05) is 10.6 Å². The summed E-state index contributed by atoms with van der Waals surface area (Å²) in [5.41, 5.74) is 0.147. The van der Waals surface area contributed by atoms with Crippen molar-refractivity contribution in [1.82, 2.24) is 0 Å². The number of nitrogens with one attached hydrogen (secondary N) is 2. The van der Waals surface area contributed by atoms with Gasteiger partial charge in [0.25, 0.3) is 0 Å². The molecule has 2 rings (SSSR count). The number of hydrogen-bond acceptors (Lipinski definition) is 6. The molecule has 0 radical (unpaired) electrons. The van der Waals surface area contributed by atoms with Crippen LogP contribution in [0.4, 0.5) is 11.4 Å². The van der Waals surface area contributed by atoms with E-state index in [0.29, 0.717) is 0 Å². The van der Waals surface area contributed by atoms with Gasteiger partial charge in [-0.25, -0.2) is 9.59 Å². The molecule has 0 spiro atoms. The fraction of sp³-hybridized carbons (Fsp3) is 0.111. The second-order valence-corrected chi connectivity index (χ2v) is 5.80. The molecule has 0 aliphatic carbocycles. The molecule has 0 aliphatic heterocycles. The molecule has 29 heavy (non-hydrogen) atoms. The van der Waals surface area contributed by atoms with Crippen LogP contribution < -0.4 is 19.9 Å². The minimum atomic E-state index is -1.28. The summed E-state index contributed by atoms with van der Waals surface area (Å²) in [5.74, 6) is -3.34. The number of carbonyl (C=O) groups excluding carboxylic acids is 2. The normalized spacial score (nSPS) is 9.86. The van der Waals surface area contributed by atoms with Crippen molar-refractivity contribution < 1.29 is 38.7 Å². The zero-order valence-corrected chi connectivity index (χ0v) is 15.5. The monoisotopic (exact) mass is 400 g/mol. The van der Waals surface area contributed by atoms with Crippen molar-refractivity contribution in [3.05, 3.63) is 47.5 Å². The van der Waals surface area contributed by atoms with E-state index in [1.165, 1.54) is 50.2 Å². The molecule has 150 valence electrons. The van der Waals surface area contributed by atoms with Crippen LogP contribution in [0.1, 0.15) is 34.6 Å². The van der Waals surface area contributed by atoms with Gasteiger partial charge < -0.3 is 30.2 Å². The predicted molar refractivity (Wildman–Crippen MR) is 104 cm³/mol. The third-order valence-corrected chi connectivity index (χ3v) is 3.49. The van der Waals surface area contributed by atoms with Gasteiger partial charge >= 0.3 is 19.6 Å². The van der Waals surface area contributed by atoms with Gasteiger partial charge in [-0.3, -0.25) is 9.59 Å². The number of hydrogen-bond donors (Lipinski definition) is 4. The van der Waals surface area contributed by atoms with Gasteiger partial charge in [0.05, 0.1) is 0 Å². The van der Waals surface area contributed by atoms with Crippen LogP contribution in [-0.4, -0.2) is 41.7 Å². The zero-order valence-electron chi connectivity index (χ0n) is 15.5. The minimum absolute atomic E-state index is 0.0293. The van der Waals surface area contributed by atoms with Crippen LogP contribution in [-0.2, 0) is 9.59 Å². The molecule has 0 fully saturated rings. The number of anilines is 2. The number of carboxylic acids is 2. The van der Waals surface area contributed by atoms with Crippen LogP contribution in [0.15, 0.2) is 36.4 Å². The third kappa shape index (κ3) is 5.99. The highest BCUT2D eigenvalue weighted by Gasteiger charge is 2.16. The molecule has 4 N–H and O–H groups in total. The molecule has 0 aromatic heterocycles. The van der Waals surface area contributed by atoms with Crippen LogP contribution >= 0.6 is 0 Å². The van der Waals surface area contributed by atoms with Crippen LogP contribution in [0.25, 0.3) is 0 Å². The highest BCUT2D eigenvalue weighted by molar-refractivity contribution is 6.21. The number of benzene rings is 2. The van der Waals surface area contributed by atoms with Crippen LogP contribution in [0.5, 0.6) is 11.5 Å². The summed E-state index contributed by atoms with van der Waals surface area (Å²) in [6.45, 7) is 2.58. The molecule has 0 aliphatic rings. The van der Waals surface area contributed by atoms with Gasteiger partial charge in [0.1, 0.15) is 22.6 Å². The summed E-state index contributed by atoms with van der Waals surface area (Å²) in [5, 5.41) is 23.6. The Kier molecular flexibility index (Phi) is 6.80. The zero-order chi connectivity index (χ0) is 21.6. The van der Waals surface area contributed by atoms with Gasteiger partial charge in [0, 0.05) is 25.2 Å². The Morgan fingerprint density at radius 2 is 1.14 bits per heavy atom. The van der Waals surface area contributed by atoms with Crippen LogP contribution in [0.2, 0.25) is 0 Å². The summed E-state index contributed by atoms with van der Waals surface area (Å²) < 4.78 is 10.6. The first-order valence-corrected chi connectivity index (χ1v) is 8.23. The molecule has 0 bridgehead atoms. The first-order chi connectivity index (χ1) is 13.7. The van der Waals surface area contributed by atoms with E-state index in [-0.39, 0.29) is 45.8 Å². The van der Waals surface area contributed by atoms with E-state index in [0.717, 1.165) is 0 Å². The number of amides is 2. The summed E-state index contributed by atoms with van der Waals surface area (Å²) in [6, 6.07) is 8.04. The number of rotatable bonds is 8. The molecule has 0 atom stereocenters. The van der Waals surface area contributed by atoms with Gasteiger partial charge in [-0.05, 0) is 36.4 Å². The Labute approximate surface area is 165 Å². The van der Waals surface area contributed by atoms with Crippen LogP contribution in [0.3, 0.4) is 0 Å². The van der Waals surface area contributed by atoms with Gasteiger partial charge in [-0.2, -0.15) is 0 Å². The number of carbonyl (C=O) groups is 4. The Morgan fingerprint density at radius 3 is 1.45 bits per heavy atom. The van der Waals surface area contributed by atoms with E-state index in [9.17, 15) is 29.4 Å². The van der Waals surface area contributed by atoms with E-state index in [2.05, 4.69) is 10.6 Å². The maximum atomic E-state index is 11.4. The summed E-state index contributed by atoms with van der Waals surface area (Å²) in [7, 11) is -0.473. The summed E-state index contributed by atoms with van der Waals surface area (Å²) in [6.07, 6.45) is 0. The maximum absolute atomic E-state index is 11.4. The summed E-state index contributed by atoms with van der Waals surface area (Å²) in [4.78, 5) is 45.0. The van der Waals surface area contributed by atoms with Crippen molar-refractivity contribution in [2.24, 2.45) is 0 Å². The molecular formula is C18H17BN2O8. The predicted octanol–water partition coefficient (Wildman–Crippen LogP) is 1.72. The third-order valence-electron chi connectivity index (χ3n) is 3.49. The van der Waals surface area contributed by atoms with E-state index in [1.807, 2.05) is 0 Å². The topological polar surface area (TPSA) is 151 Å². The molecular weight excluding hydrogens is 383 g/mol. The molecule has 0 saturated carbocycles. The van der Waals surface area contributed by atoms with Gasteiger partial charge in [0.15, 0.2) is 0 Å². The Morgan fingerprint density at radius 1 is 0.759 bits per heavy atom. The minimum Gasteiger partial charge on any atom is -0.528 e. The first kappa shape index (κ1) is 21.3. The van der Waals surface area contributed by atoms with Crippen molar-refractivity contribution in [3.63, 3.8) is 0 Å². The van der Waals surface area contributed by atoms with E-state index < -0.39 is 19.6 Å². The smallest absolute Gasteiger partial charge is 0.528 e. The lowest BCUT2D eigenvalue weighted by molar-refractivity contribution is -0.115. The maximum Gasteiger partial charge on any atom is 0.576 e. The Bertz CT molecular complexity index is 899. The number of aromatic carboxylic acids is 2. The van der Waals surface area contributed by atoms with Crippen molar-refractivity contribution >= 4 is 42.8 Å². The lowest BCUT2D eigenvalue weighted by Crippen LogP contribution is -2.16. The van der Waals surface area contributed by atoms with Gasteiger partial charge in [-0.1, -0.05) is 0 Å².